The maximum absolute atomic E-state index is 11.9. The van der Waals surface area contributed by atoms with Gasteiger partial charge in [0.1, 0.15) is 11.5 Å². The van der Waals surface area contributed by atoms with E-state index in [-0.39, 0.29) is 17.4 Å². The third-order valence-electron chi connectivity index (χ3n) is 4.31. The van der Waals surface area contributed by atoms with Crippen molar-refractivity contribution in [3.63, 3.8) is 0 Å². The molecule has 1 aliphatic heterocycles. The van der Waals surface area contributed by atoms with Gasteiger partial charge in [-0.05, 0) is 38.5 Å². The van der Waals surface area contributed by atoms with Crippen LogP contribution in [-0.2, 0) is 11.3 Å². The average Bonchev–Trinajstić information content (AvgIpc) is 2.41. The summed E-state index contributed by atoms with van der Waals surface area (Å²) in [5, 5.41) is 10.0. The van der Waals surface area contributed by atoms with Crippen molar-refractivity contribution in [3.8, 4) is 5.75 Å². The molecule has 4 heteroatoms. The lowest BCUT2D eigenvalue weighted by molar-refractivity contribution is -0.133. The average molecular weight is 291 g/mol. The standard InChI is InChI=1S/C17H25NO3/c1-12(19)16-9-14(20)10-17(2,3)18(16)11-13-5-7-15(21-4)8-6-13/h5-8,12,16,19H,9-11H2,1-4H3/t12-,16?/m0/s1. The predicted octanol–water partition coefficient (Wildman–Crippen LogP) is 2.39. The second-order valence-corrected chi connectivity index (χ2v) is 6.52. The molecule has 2 rings (SSSR count). The fraction of sp³-hybridized carbons (Fsp3) is 0.588. The molecule has 0 bridgehead atoms. The monoisotopic (exact) mass is 291 g/mol. The van der Waals surface area contributed by atoms with Gasteiger partial charge in [-0.15, -0.1) is 0 Å². The van der Waals surface area contributed by atoms with Gasteiger partial charge in [0.2, 0.25) is 0 Å². The van der Waals surface area contributed by atoms with Crippen LogP contribution < -0.4 is 4.74 Å². The molecule has 0 amide bonds. The Labute approximate surface area is 126 Å². The van der Waals surface area contributed by atoms with Crippen molar-refractivity contribution in [2.24, 2.45) is 0 Å². The first-order chi connectivity index (χ1) is 9.83. The molecule has 1 fully saturated rings. The second kappa shape index (κ2) is 6.16. The molecule has 1 saturated heterocycles. The van der Waals surface area contributed by atoms with Crippen LogP contribution in [0.15, 0.2) is 24.3 Å². The van der Waals surface area contributed by atoms with E-state index in [9.17, 15) is 9.90 Å². The van der Waals surface area contributed by atoms with Crippen molar-refractivity contribution in [3.05, 3.63) is 29.8 Å². The third kappa shape index (κ3) is 3.63. The number of carbonyl (C=O) groups excluding carboxylic acids is 1. The summed E-state index contributed by atoms with van der Waals surface area (Å²) < 4.78 is 5.18. The smallest absolute Gasteiger partial charge is 0.136 e. The van der Waals surface area contributed by atoms with Gasteiger partial charge in [-0.2, -0.15) is 0 Å². The molecule has 0 radical (unpaired) electrons. The fourth-order valence-electron chi connectivity index (χ4n) is 3.14. The summed E-state index contributed by atoms with van der Waals surface area (Å²) in [4.78, 5) is 14.2. The summed E-state index contributed by atoms with van der Waals surface area (Å²) in [5.41, 5.74) is 0.917. The predicted molar refractivity (Wildman–Crippen MR) is 82.3 cm³/mol. The number of ketones is 1. The van der Waals surface area contributed by atoms with E-state index in [1.807, 2.05) is 24.3 Å². The number of Topliss-reactive ketones (excluding diaryl/α,β-unsaturated/α-hetero) is 1. The zero-order chi connectivity index (χ0) is 15.6. The van der Waals surface area contributed by atoms with Crippen LogP contribution in [0.1, 0.15) is 39.2 Å². The van der Waals surface area contributed by atoms with Crippen molar-refractivity contribution in [2.45, 2.75) is 57.8 Å². The summed E-state index contributed by atoms with van der Waals surface area (Å²) >= 11 is 0. The molecular formula is C17H25NO3. The molecule has 1 aromatic rings. The molecule has 1 unspecified atom stereocenters. The Kier molecular flexibility index (Phi) is 4.69. The highest BCUT2D eigenvalue weighted by atomic mass is 16.5. The van der Waals surface area contributed by atoms with Crippen molar-refractivity contribution in [1.29, 1.82) is 0 Å². The number of hydrogen-bond acceptors (Lipinski definition) is 4. The lowest BCUT2D eigenvalue weighted by Gasteiger charge is -2.48. The van der Waals surface area contributed by atoms with Gasteiger partial charge in [0.05, 0.1) is 13.2 Å². The number of aliphatic hydroxyl groups excluding tert-OH is 1. The Balaban J connectivity index is 2.22. The molecule has 1 aliphatic rings. The molecule has 116 valence electrons. The fourth-order valence-corrected chi connectivity index (χ4v) is 3.14. The maximum Gasteiger partial charge on any atom is 0.136 e. The normalized spacial score (nSPS) is 23.9. The minimum absolute atomic E-state index is 0.122. The van der Waals surface area contributed by atoms with Crippen LogP contribution in [0.4, 0.5) is 0 Å². The summed E-state index contributed by atoms with van der Waals surface area (Å²) in [6, 6.07) is 7.82. The molecule has 1 N–H and O–H groups in total. The summed E-state index contributed by atoms with van der Waals surface area (Å²) in [6.07, 6.45) is 0.440. The van der Waals surface area contributed by atoms with Gasteiger partial charge < -0.3 is 9.84 Å². The number of aliphatic hydroxyl groups is 1. The zero-order valence-electron chi connectivity index (χ0n) is 13.3. The van der Waals surface area contributed by atoms with E-state index in [2.05, 4.69) is 18.7 Å². The lowest BCUT2D eigenvalue weighted by atomic mass is 9.83. The van der Waals surface area contributed by atoms with Crippen LogP contribution in [0.25, 0.3) is 0 Å². The van der Waals surface area contributed by atoms with Crippen LogP contribution in [0.5, 0.6) is 5.75 Å². The third-order valence-corrected chi connectivity index (χ3v) is 4.31. The number of likely N-dealkylation sites (tertiary alicyclic amines) is 1. The van der Waals surface area contributed by atoms with Crippen LogP contribution in [0, 0.1) is 0 Å². The van der Waals surface area contributed by atoms with Crippen LogP contribution >= 0.6 is 0 Å². The number of ether oxygens (including phenoxy) is 1. The van der Waals surface area contributed by atoms with E-state index >= 15 is 0 Å². The van der Waals surface area contributed by atoms with Gasteiger partial charge in [0, 0.05) is 31.0 Å². The van der Waals surface area contributed by atoms with Gasteiger partial charge in [0.15, 0.2) is 0 Å². The van der Waals surface area contributed by atoms with E-state index in [1.165, 1.54) is 0 Å². The molecule has 0 aliphatic carbocycles. The van der Waals surface area contributed by atoms with Gasteiger partial charge >= 0.3 is 0 Å². The number of nitrogens with zero attached hydrogens (tertiary/aromatic N) is 1. The van der Waals surface area contributed by atoms with Crippen molar-refractivity contribution in [2.75, 3.05) is 7.11 Å². The first-order valence-electron chi connectivity index (χ1n) is 7.43. The maximum atomic E-state index is 11.9. The highest BCUT2D eigenvalue weighted by molar-refractivity contribution is 5.81. The molecule has 21 heavy (non-hydrogen) atoms. The van der Waals surface area contributed by atoms with Crippen molar-refractivity contribution in [1.82, 2.24) is 4.90 Å². The quantitative estimate of drug-likeness (QED) is 0.925. The molecule has 0 aromatic heterocycles. The molecule has 0 saturated carbocycles. The second-order valence-electron chi connectivity index (χ2n) is 6.52. The van der Waals surface area contributed by atoms with E-state index in [4.69, 9.17) is 4.74 Å². The van der Waals surface area contributed by atoms with Gasteiger partial charge in [-0.1, -0.05) is 12.1 Å². The molecule has 1 heterocycles. The summed E-state index contributed by atoms with van der Waals surface area (Å²) in [7, 11) is 1.65. The van der Waals surface area contributed by atoms with E-state index < -0.39 is 6.10 Å². The van der Waals surface area contributed by atoms with Gasteiger partial charge in [0.25, 0.3) is 0 Å². The largest absolute Gasteiger partial charge is 0.497 e. The number of piperidine rings is 1. The molecule has 2 atom stereocenters. The Morgan fingerprint density at radius 1 is 1.38 bits per heavy atom. The van der Waals surface area contributed by atoms with Crippen LogP contribution in [0.3, 0.4) is 0 Å². The molecule has 4 nitrogen and oxygen atoms in total. The summed E-state index contributed by atoms with van der Waals surface area (Å²) in [6.45, 7) is 6.63. The zero-order valence-corrected chi connectivity index (χ0v) is 13.3. The molecular weight excluding hydrogens is 266 g/mol. The Hall–Kier alpha value is -1.39. The number of rotatable bonds is 4. The van der Waals surface area contributed by atoms with Gasteiger partial charge in [-0.25, -0.2) is 0 Å². The highest BCUT2D eigenvalue weighted by Gasteiger charge is 2.41. The van der Waals surface area contributed by atoms with E-state index in [0.717, 1.165) is 17.9 Å². The minimum Gasteiger partial charge on any atom is -0.497 e. The highest BCUT2D eigenvalue weighted by Crippen LogP contribution is 2.33. The topological polar surface area (TPSA) is 49.8 Å². The van der Waals surface area contributed by atoms with Gasteiger partial charge in [-0.3, -0.25) is 9.69 Å². The van der Waals surface area contributed by atoms with E-state index in [1.54, 1.807) is 14.0 Å². The Morgan fingerprint density at radius 3 is 2.52 bits per heavy atom. The number of methoxy groups -OCH3 is 1. The Morgan fingerprint density at radius 2 is 2.00 bits per heavy atom. The van der Waals surface area contributed by atoms with Crippen molar-refractivity contribution >= 4 is 5.78 Å². The number of hydrogen-bond donors (Lipinski definition) is 1. The lowest BCUT2D eigenvalue weighted by Crippen LogP contribution is -2.58. The first kappa shape index (κ1) is 16.0. The summed E-state index contributed by atoms with van der Waals surface area (Å²) in [5.74, 6) is 1.07. The minimum atomic E-state index is -0.522. The number of benzene rings is 1. The SMILES string of the molecule is COc1ccc(CN2C([C@H](C)O)CC(=O)CC2(C)C)cc1. The molecule has 1 aromatic carbocycles. The van der Waals surface area contributed by atoms with Crippen LogP contribution in [0.2, 0.25) is 0 Å². The van der Waals surface area contributed by atoms with E-state index in [0.29, 0.717) is 12.8 Å². The van der Waals surface area contributed by atoms with Crippen molar-refractivity contribution < 1.29 is 14.6 Å². The first-order valence-corrected chi connectivity index (χ1v) is 7.43. The van der Waals surface area contributed by atoms with Crippen LogP contribution in [-0.4, -0.2) is 40.6 Å². The number of carbonyl (C=O) groups is 1. The Bertz CT molecular complexity index is 493. The molecule has 0 spiro atoms.